The third-order valence-corrected chi connectivity index (χ3v) is 7.87. The van der Waals surface area contributed by atoms with E-state index in [2.05, 4.69) is 39.6 Å². The van der Waals surface area contributed by atoms with Crippen molar-refractivity contribution in [2.24, 2.45) is 7.05 Å². The number of benzene rings is 4. The zero-order valence-corrected chi connectivity index (χ0v) is 26.7. The van der Waals surface area contributed by atoms with E-state index < -0.39 is 17.4 Å². The third-order valence-electron chi connectivity index (χ3n) is 7.87. The second kappa shape index (κ2) is 14.8. The molecule has 0 aliphatic rings. The summed E-state index contributed by atoms with van der Waals surface area (Å²) in [7, 11) is 1.63. The highest BCUT2D eigenvalue weighted by molar-refractivity contribution is 6.06. The predicted molar refractivity (Wildman–Crippen MR) is 179 cm³/mol. The average molecular weight is 622 g/mol. The molecule has 0 bridgehead atoms. The quantitative estimate of drug-likeness (QED) is 0.153. The number of nitrogens with zero attached hydrogens (tertiary/aromatic N) is 4. The van der Waals surface area contributed by atoms with Gasteiger partial charge in [-0.1, -0.05) is 92.2 Å². The van der Waals surface area contributed by atoms with Crippen molar-refractivity contribution in [2.45, 2.75) is 59.4 Å². The molecule has 0 aliphatic carbocycles. The van der Waals surface area contributed by atoms with Crippen LogP contribution in [0.15, 0.2) is 102 Å². The van der Waals surface area contributed by atoms with Crippen LogP contribution < -0.4 is 15.7 Å². The van der Waals surface area contributed by atoms with Crippen LogP contribution >= 0.6 is 0 Å². The second-order valence-electron chi connectivity index (χ2n) is 11.6. The molecular weight excluding hydrogens is 581 g/mol. The van der Waals surface area contributed by atoms with Crippen LogP contribution in [0.1, 0.15) is 59.6 Å². The maximum absolute atomic E-state index is 15.9. The molecule has 0 saturated carbocycles. The number of hydrogen-bond donors (Lipinski definition) is 1. The van der Waals surface area contributed by atoms with Gasteiger partial charge in [-0.15, -0.1) is 5.10 Å². The molecule has 0 unspecified atom stereocenters. The van der Waals surface area contributed by atoms with E-state index in [9.17, 15) is 9.59 Å². The highest BCUT2D eigenvalue weighted by atomic mass is 19.1. The third kappa shape index (κ3) is 7.79. The van der Waals surface area contributed by atoms with Crippen molar-refractivity contribution in [3.8, 4) is 11.4 Å². The second-order valence-corrected chi connectivity index (χ2v) is 11.6. The summed E-state index contributed by atoms with van der Waals surface area (Å²) in [6.07, 6.45) is 1.36. The Morgan fingerprint density at radius 1 is 0.935 bits per heavy atom. The van der Waals surface area contributed by atoms with Crippen molar-refractivity contribution in [3.63, 3.8) is 0 Å². The van der Waals surface area contributed by atoms with Gasteiger partial charge in [0.2, 0.25) is 0 Å². The van der Waals surface area contributed by atoms with Gasteiger partial charge in [0.25, 0.3) is 5.91 Å². The van der Waals surface area contributed by atoms with Crippen molar-refractivity contribution in [1.29, 1.82) is 0 Å². The lowest BCUT2D eigenvalue weighted by atomic mass is 10.1. The number of carbonyl (C=O) groups is 1. The lowest BCUT2D eigenvalue weighted by molar-refractivity contribution is 0.101. The van der Waals surface area contributed by atoms with Gasteiger partial charge in [0.05, 0.1) is 18.2 Å². The number of anilines is 1. The number of carbonyl (C=O) groups excluding carboxylic acids is 1. The summed E-state index contributed by atoms with van der Waals surface area (Å²) >= 11 is 0. The summed E-state index contributed by atoms with van der Waals surface area (Å²) in [6.45, 7) is 7.42. The van der Waals surface area contributed by atoms with Crippen LogP contribution in [0.3, 0.4) is 0 Å². The molecule has 46 heavy (non-hydrogen) atoms. The minimum Gasteiger partial charge on any atom is -0.490 e. The Morgan fingerprint density at radius 3 is 2.15 bits per heavy atom. The predicted octanol–water partition coefficient (Wildman–Crippen LogP) is 7.04. The zero-order chi connectivity index (χ0) is 32.6. The number of halogens is 1. The SMILES string of the molecule is CCC[C@H](C)Oc1cc(-n2nc(CN(Cc3ccccc3)Cc3ccccc3)n(C)c2=O)c(F)cc1C(=O)Nc1ccccc1C. The van der Waals surface area contributed by atoms with Crippen molar-refractivity contribution in [1.82, 2.24) is 19.2 Å². The Balaban J connectivity index is 1.49. The van der Waals surface area contributed by atoms with Crippen molar-refractivity contribution >= 4 is 11.6 Å². The fourth-order valence-corrected chi connectivity index (χ4v) is 5.39. The number of nitrogens with one attached hydrogen (secondary N) is 1. The lowest BCUT2D eigenvalue weighted by Crippen LogP contribution is -2.26. The molecule has 0 saturated heterocycles. The van der Waals surface area contributed by atoms with Crippen molar-refractivity contribution in [2.75, 3.05) is 5.32 Å². The van der Waals surface area contributed by atoms with Crippen LogP contribution in [0.2, 0.25) is 0 Å². The lowest BCUT2D eigenvalue weighted by Gasteiger charge is -2.22. The molecule has 8 nitrogen and oxygen atoms in total. The van der Waals surface area contributed by atoms with Gasteiger partial charge in [-0.05, 0) is 49.1 Å². The maximum atomic E-state index is 15.9. The first-order valence-electron chi connectivity index (χ1n) is 15.6. The first kappa shape index (κ1) is 32.4. The summed E-state index contributed by atoms with van der Waals surface area (Å²) < 4.78 is 24.5. The van der Waals surface area contributed by atoms with Gasteiger partial charge in [-0.2, -0.15) is 4.68 Å². The van der Waals surface area contributed by atoms with Crippen LogP contribution in [0, 0.1) is 12.7 Å². The monoisotopic (exact) mass is 621 g/mol. The first-order valence-corrected chi connectivity index (χ1v) is 15.6. The summed E-state index contributed by atoms with van der Waals surface area (Å²) in [5.74, 6) is -0.621. The molecular formula is C37H40FN5O3. The molecule has 0 spiro atoms. The van der Waals surface area contributed by atoms with E-state index in [1.165, 1.54) is 10.6 Å². The molecule has 238 valence electrons. The number of rotatable bonds is 13. The van der Waals surface area contributed by atoms with Gasteiger partial charge in [-0.25, -0.2) is 9.18 Å². The van der Waals surface area contributed by atoms with Crippen LogP contribution in [0.4, 0.5) is 10.1 Å². The molecule has 9 heteroatoms. The van der Waals surface area contributed by atoms with E-state index >= 15 is 4.39 Å². The molecule has 4 aromatic carbocycles. The molecule has 1 atom stereocenters. The molecule has 1 aromatic heterocycles. The molecule has 0 aliphatic heterocycles. The van der Waals surface area contributed by atoms with Gasteiger partial charge in [-0.3, -0.25) is 14.3 Å². The summed E-state index contributed by atoms with van der Waals surface area (Å²) in [5, 5.41) is 7.47. The fourth-order valence-electron chi connectivity index (χ4n) is 5.39. The van der Waals surface area contributed by atoms with Gasteiger partial charge in [0.15, 0.2) is 0 Å². The Bertz CT molecular complexity index is 1790. The molecule has 1 N–H and O–H groups in total. The maximum Gasteiger partial charge on any atom is 0.350 e. The standard InChI is InChI=1S/C37H40FN5O3/c1-5-14-27(3)46-34-22-33(31(38)21-30(34)36(44)39-32-20-13-12-15-26(32)2)43-37(45)41(4)35(40-43)25-42(23-28-16-8-6-9-17-28)24-29-18-10-7-11-19-29/h6-13,15-22,27H,5,14,23-25H2,1-4H3,(H,39,44)/t27-/m0/s1. The van der Waals surface area contributed by atoms with Gasteiger partial charge >= 0.3 is 5.69 Å². The molecule has 5 aromatic rings. The number of ether oxygens (including phenoxy) is 1. The number of para-hydroxylation sites is 1. The number of hydrogen-bond acceptors (Lipinski definition) is 5. The van der Waals surface area contributed by atoms with Crippen LogP contribution in [0.25, 0.3) is 5.69 Å². The zero-order valence-electron chi connectivity index (χ0n) is 26.7. The average Bonchev–Trinajstić information content (AvgIpc) is 3.32. The van der Waals surface area contributed by atoms with E-state index in [0.29, 0.717) is 31.1 Å². The highest BCUT2D eigenvalue weighted by Gasteiger charge is 2.24. The van der Waals surface area contributed by atoms with Crippen LogP contribution in [0.5, 0.6) is 5.75 Å². The molecule has 0 radical (unpaired) electrons. The first-order chi connectivity index (χ1) is 22.2. The molecule has 1 amide bonds. The minimum atomic E-state index is -0.761. The van der Waals surface area contributed by atoms with Crippen molar-refractivity contribution < 1.29 is 13.9 Å². The Hall–Kier alpha value is -5.02. The van der Waals surface area contributed by atoms with E-state index in [4.69, 9.17) is 4.74 Å². The van der Waals surface area contributed by atoms with Crippen LogP contribution in [-0.2, 0) is 26.7 Å². The van der Waals surface area contributed by atoms with Gasteiger partial charge < -0.3 is 10.1 Å². The molecule has 5 rings (SSSR count). The number of amides is 1. The van der Waals surface area contributed by atoms with E-state index in [1.807, 2.05) is 75.4 Å². The van der Waals surface area contributed by atoms with E-state index in [1.54, 1.807) is 13.1 Å². The number of aromatic nitrogens is 3. The largest absolute Gasteiger partial charge is 0.490 e. The topological polar surface area (TPSA) is 81.4 Å². The normalized spacial score (nSPS) is 11.9. The summed E-state index contributed by atoms with van der Waals surface area (Å²) in [6, 6.07) is 30.0. The Labute approximate surface area is 269 Å². The summed E-state index contributed by atoms with van der Waals surface area (Å²) in [4.78, 5) is 29.1. The van der Waals surface area contributed by atoms with Crippen LogP contribution in [-0.4, -0.2) is 31.3 Å². The van der Waals surface area contributed by atoms with Gasteiger partial charge in [0.1, 0.15) is 23.1 Å². The van der Waals surface area contributed by atoms with E-state index in [-0.39, 0.29) is 23.1 Å². The minimum absolute atomic E-state index is 0.0357. The van der Waals surface area contributed by atoms with Crippen molar-refractivity contribution in [3.05, 3.63) is 141 Å². The molecule has 1 heterocycles. The van der Waals surface area contributed by atoms with Gasteiger partial charge in [0, 0.05) is 31.9 Å². The molecule has 0 fully saturated rings. The van der Waals surface area contributed by atoms with E-state index in [0.717, 1.165) is 40.3 Å². The number of aryl methyl sites for hydroxylation is 1. The highest BCUT2D eigenvalue weighted by Crippen LogP contribution is 2.28. The fraction of sp³-hybridized carbons (Fsp3) is 0.270. The smallest absolute Gasteiger partial charge is 0.350 e. The Kier molecular flexibility index (Phi) is 10.4. The Morgan fingerprint density at radius 2 is 1.54 bits per heavy atom. The summed E-state index contributed by atoms with van der Waals surface area (Å²) in [5.41, 5.74) is 3.18.